The monoisotopic (exact) mass is 258 g/mol. The van der Waals surface area contributed by atoms with Gasteiger partial charge >= 0.3 is 0 Å². The number of benzene rings is 1. The van der Waals surface area contributed by atoms with Crippen molar-refractivity contribution in [2.24, 2.45) is 11.8 Å². The molecule has 0 bridgehead atoms. The lowest BCUT2D eigenvalue weighted by atomic mass is 10.1. The summed E-state index contributed by atoms with van der Waals surface area (Å²) in [5, 5.41) is 2.87. The van der Waals surface area contributed by atoms with E-state index in [1.54, 1.807) is 0 Å². The topological polar surface area (TPSA) is 0 Å². The van der Waals surface area contributed by atoms with Crippen LogP contribution in [0.15, 0.2) is 35.3 Å². The number of hydrogen-bond acceptors (Lipinski definition) is 0. The quantitative estimate of drug-likeness (QED) is 0.596. The van der Waals surface area contributed by atoms with E-state index < -0.39 is 14.1 Å². The van der Waals surface area contributed by atoms with Gasteiger partial charge in [-0.05, 0) is 12.5 Å². The molecule has 0 fully saturated rings. The van der Waals surface area contributed by atoms with Crippen molar-refractivity contribution in [3.63, 3.8) is 0 Å². The fourth-order valence-corrected chi connectivity index (χ4v) is 6.38. The fourth-order valence-electron chi connectivity index (χ4n) is 2.59. The molecule has 0 aliphatic heterocycles. The zero-order valence-corrected chi connectivity index (χ0v) is 13.8. The first-order valence-electron chi connectivity index (χ1n) is 7.23. The molecule has 0 spiro atoms. The van der Waals surface area contributed by atoms with Gasteiger partial charge in [-0.15, -0.1) is 4.94 Å². The minimum Gasteiger partial charge on any atom is -0.141 e. The maximum absolute atomic E-state index is 2.62. The minimum absolute atomic E-state index is 0.739. The van der Waals surface area contributed by atoms with Crippen LogP contribution in [0.5, 0.6) is 0 Å². The summed E-state index contributed by atoms with van der Waals surface area (Å²) in [5.41, 5.74) is 2.87. The summed E-state index contributed by atoms with van der Waals surface area (Å²) in [6.07, 6.45) is 0. The van der Waals surface area contributed by atoms with Gasteiger partial charge in [0.2, 0.25) is 0 Å². The van der Waals surface area contributed by atoms with Gasteiger partial charge in [0.05, 0.1) is 0 Å². The molecular formula is C17H27Al. The Labute approximate surface area is 118 Å². The molecular weight excluding hydrogens is 231 g/mol. The lowest BCUT2D eigenvalue weighted by molar-refractivity contribution is 0.694. The van der Waals surface area contributed by atoms with E-state index in [1.165, 1.54) is 21.7 Å². The molecule has 0 aromatic heterocycles. The molecule has 0 N–H and O–H groups in total. The molecule has 1 aromatic rings. The molecule has 0 amide bonds. The van der Waals surface area contributed by atoms with Gasteiger partial charge in [0.1, 0.15) is 0 Å². The summed E-state index contributed by atoms with van der Waals surface area (Å²) in [5.74, 6) is 1.67. The Hall–Kier alpha value is -0.508. The lowest BCUT2D eigenvalue weighted by Crippen LogP contribution is -2.15. The van der Waals surface area contributed by atoms with E-state index in [1.807, 2.05) is 0 Å². The van der Waals surface area contributed by atoms with Crippen LogP contribution in [0.3, 0.4) is 0 Å². The first-order valence-corrected chi connectivity index (χ1v) is 9.52. The third kappa shape index (κ3) is 5.90. The first-order chi connectivity index (χ1) is 8.49. The van der Waals surface area contributed by atoms with E-state index in [-0.39, 0.29) is 0 Å². The van der Waals surface area contributed by atoms with Crippen molar-refractivity contribution in [2.75, 3.05) is 0 Å². The molecule has 18 heavy (non-hydrogen) atoms. The molecule has 1 rings (SSSR count). The molecule has 0 saturated carbocycles. The van der Waals surface area contributed by atoms with E-state index in [0.717, 1.165) is 11.8 Å². The van der Waals surface area contributed by atoms with E-state index in [9.17, 15) is 0 Å². The smallest absolute Gasteiger partial charge is 0.141 e. The maximum atomic E-state index is 2.62. The zero-order chi connectivity index (χ0) is 13.5. The van der Waals surface area contributed by atoms with E-state index in [0.29, 0.717) is 0 Å². The van der Waals surface area contributed by atoms with Gasteiger partial charge < -0.3 is 0 Å². The molecule has 0 heterocycles. The van der Waals surface area contributed by atoms with Crippen molar-refractivity contribution in [1.82, 2.24) is 0 Å². The second-order valence-corrected chi connectivity index (χ2v) is 9.03. The molecule has 0 aliphatic rings. The van der Waals surface area contributed by atoms with Crippen LogP contribution in [-0.2, 0) is 0 Å². The normalized spacial score (nSPS) is 12.3. The fraction of sp³-hybridized carbons (Fsp3) is 0.529. The van der Waals surface area contributed by atoms with E-state index >= 15 is 0 Å². The highest BCUT2D eigenvalue weighted by Crippen LogP contribution is 2.20. The number of rotatable bonds is 6. The van der Waals surface area contributed by atoms with Crippen LogP contribution in [0.1, 0.15) is 40.2 Å². The van der Waals surface area contributed by atoms with Crippen molar-refractivity contribution in [2.45, 2.75) is 45.2 Å². The van der Waals surface area contributed by atoms with Crippen molar-refractivity contribution < 1.29 is 0 Å². The van der Waals surface area contributed by atoms with Crippen LogP contribution in [0.4, 0.5) is 0 Å². The predicted octanol–water partition coefficient (Wildman–Crippen LogP) is 5.44. The summed E-state index contributed by atoms with van der Waals surface area (Å²) in [6, 6.07) is 10.8. The number of hydrogen-bond donors (Lipinski definition) is 0. The molecule has 0 atom stereocenters. The highest BCUT2D eigenvalue weighted by atomic mass is 27.2. The second-order valence-electron chi connectivity index (χ2n) is 6.23. The van der Waals surface area contributed by atoms with Crippen LogP contribution in [0.25, 0.3) is 5.57 Å². The van der Waals surface area contributed by atoms with Crippen LogP contribution >= 0.6 is 0 Å². The molecule has 0 nitrogen and oxygen atoms in total. The Morgan fingerprint density at radius 2 is 1.50 bits per heavy atom. The average molecular weight is 258 g/mol. The summed E-state index contributed by atoms with van der Waals surface area (Å²) in [7, 11) is 0. The molecule has 1 heteroatoms. The van der Waals surface area contributed by atoms with Gasteiger partial charge in [0.15, 0.2) is 0 Å². The maximum Gasteiger partial charge on any atom is 0.295 e. The van der Waals surface area contributed by atoms with Gasteiger partial charge in [0.25, 0.3) is 14.1 Å². The Balaban J connectivity index is 2.79. The van der Waals surface area contributed by atoms with Crippen LogP contribution in [-0.4, -0.2) is 14.1 Å². The average Bonchev–Trinajstić information content (AvgIpc) is 2.28. The minimum atomic E-state index is -0.739. The van der Waals surface area contributed by atoms with Crippen molar-refractivity contribution in [3.05, 3.63) is 40.8 Å². The zero-order valence-electron chi connectivity index (χ0n) is 12.6. The molecule has 98 valence electrons. The van der Waals surface area contributed by atoms with Crippen molar-refractivity contribution >= 4 is 19.7 Å². The summed E-state index contributed by atoms with van der Waals surface area (Å²) < 4.78 is 0. The highest BCUT2D eigenvalue weighted by molar-refractivity contribution is 6.65. The third-order valence-electron chi connectivity index (χ3n) is 3.26. The van der Waals surface area contributed by atoms with Gasteiger partial charge in [0, 0.05) is 0 Å². The molecule has 0 aliphatic carbocycles. The molecule has 0 unspecified atom stereocenters. The van der Waals surface area contributed by atoms with Crippen LogP contribution in [0.2, 0.25) is 10.6 Å². The standard InChI is InChI=1S/C9H9.2C4H9.Al/c1-8(2)9-6-4-3-5-7-9;2*1-4(2)3;/h1,3-7H,2H3;2*4H,1H2,2-3H3;. The molecule has 1 aromatic carbocycles. The summed E-state index contributed by atoms with van der Waals surface area (Å²) in [4.78, 5) is 2.62. The van der Waals surface area contributed by atoms with E-state index in [2.05, 4.69) is 69.9 Å². The summed E-state index contributed by atoms with van der Waals surface area (Å²) in [6.45, 7) is 11.7. The van der Waals surface area contributed by atoms with E-state index in [4.69, 9.17) is 0 Å². The first kappa shape index (κ1) is 15.5. The van der Waals surface area contributed by atoms with Crippen molar-refractivity contribution in [1.29, 1.82) is 0 Å². The molecule has 0 radical (unpaired) electrons. The highest BCUT2D eigenvalue weighted by Gasteiger charge is 2.18. The Morgan fingerprint density at radius 3 is 1.94 bits per heavy atom. The van der Waals surface area contributed by atoms with Crippen LogP contribution < -0.4 is 0 Å². The Kier molecular flexibility index (Phi) is 6.76. The van der Waals surface area contributed by atoms with Gasteiger partial charge in [-0.25, -0.2) is 0 Å². The predicted molar refractivity (Wildman–Crippen MR) is 85.1 cm³/mol. The Bertz CT molecular complexity index is 352. The van der Waals surface area contributed by atoms with Gasteiger partial charge in [-0.2, -0.15) is 0 Å². The van der Waals surface area contributed by atoms with Gasteiger partial charge in [-0.1, -0.05) is 86.0 Å². The van der Waals surface area contributed by atoms with Crippen LogP contribution in [0, 0.1) is 11.8 Å². The Morgan fingerprint density at radius 1 is 1.00 bits per heavy atom. The SMILES string of the molecule is CC(=[CH][Al]([CH2]C(C)C)[CH2]C(C)C)c1ccccc1. The van der Waals surface area contributed by atoms with Gasteiger partial charge in [-0.3, -0.25) is 0 Å². The summed E-state index contributed by atoms with van der Waals surface area (Å²) >= 11 is -0.739. The largest absolute Gasteiger partial charge is 0.295 e. The number of allylic oxidation sites excluding steroid dienone is 1. The second kappa shape index (κ2) is 7.82. The lowest BCUT2D eigenvalue weighted by Gasteiger charge is -2.14. The van der Waals surface area contributed by atoms with Crippen molar-refractivity contribution in [3.8, 4) is 0 Å². The third-order valence-corrected chi connectivity index (χ3v) is 7.33. The molecule has 0 saturated heterocycles.